The van der Waals surface area contributed by atoms with Gasteiger partial charge in [0.25, 0.3) is 0 Å². The first-order chi connectivity index (χ1) is 9.58. The van der Waals surface area contributed by atoms with Gasteiger partial charge in [-0.3, -0.25) is 4.79 Å². The van der Waals surface area contributed by atoms with E-state index in [4.69, 9.17) is 0 Å². The number of nitrogens with one attached hydrogen (secondary N) is 2. The lowest BCUT2D eigenvalue weighted by Gasteiger charge is -2.19. The van der Waals surface area contributed by atoms with E-state index in [1.54, 1.807) is 25.1 Å². The van der Waals surface area contributed by atoms with E-state index in [0.29, 0.717) is 12.1 Å². The highest BCUT2D eigenvalue weighted by atomic mass is 19.3. The van der Waals surface area contributed by atoms with Crippen LogP contribution >= 0.6 is 0 Å². The summed E-state index contributed by atoms with van der Waals surface area (Å²) in [5.41, 5.74) is 0.548. The van der Waals surface area contributed by atoms with Crippen LogP contribution in [0, 0.1) is 5.92 Å². The maximum absolute atomic E-state index is 12.4. The van der Waals surface area contributed by atoms with E-state index in [1.165, 1.54) is 6.07 Å². The molecule has 4 nitrogen and oxygen atoms in total. The minimum atomic E-state index is -2.88. The minimum absolute atomic E-state index is 0.0550. The fraction of sp³-hybridized carbons (Fsp3) is 0.500. The zero-order valence-electron chi connectivity index (χ0n) is 11.2. The van der Waals surface area contributed by atoms with E-state index < -0.39 is 6.61 Å². The van der Waals surface area contributed by atoms with E-state index >= 15 is 0 Å². The normalized spacial score (nSPS) is 19.9. The lowest BCUT2D eigenvalue weighted by atomic mass is 10.0. The molecule has 6 heteroatoms. The smallest absolute Gasteiger partial charge is 0.387 e. The molecule has 2 atom stereocenters. The predicted octanol–water partition coefficient (Wildman–Crippen LogP) is 2.07. The summed E-state index contributed by atoms with van der Waals surface area (Å²) in [6, 6.07) is 6.12. The van der Waals surface area contributed by atoms with Crippen LogP contribution in [0.5, 0.6) is 5.75 Å². The molecule has 0 radical (unpaired) electrons. The van der Waals surface area contributed by atoms with Crippen LogP contribution in [-0.2, 0) is 4.79 Å². The van der Waals surface area contributed by atoms with Gasteiger partial charge in [0.2, 0.25) is 5.91 Å². The van der Waals surface area contributed by atoms with Gasteiger partial charge in [-0.2, -0.15) is 8.78 Å². The number of para-hydroxylation sites is 1. The summed E-state index contributed by atoms with van der Waals surface area (Å²) in [5.74, 6) is -0.0187. The van der Waals surface area contributed by atoms with Crippen molar-refractivity contribution < 1.29 is 18.3 Å². The summed E-state index contributed by atoms with van der Waals surface area (Å²) in [6.45, 7) is 0.372. The van der Waals surface area contributed by atoms with E-state index in [-0.39, 0.29) is 23.6 Å². The molecular formula is C14H18F2N2O2. The van der Waals surface area contributed by atoms with Gasteiger partial charge in [-0.15, -0.1) is 0 Å². The third-order valence-electron chi connectivity index (χ3n) is 3.39. The molecule has 0 spiro atoms. The second kappa shape index (κ2) is 6.65. The quantitative estimate of drug-likeness (QED) is 0.870. The van der Waals surface area contributed by atoms with Gasteiger partial charge in [0, 0.05) is 12.1 Å². The Balaban J connectivity index is 2.04. The Labute approximate surface area is 116 Å². The van der Waals surface area contributed by atoms with Crippen molar-refractivity contribution in [1.29, 1.82) is 0 Å². The maximum Gasteiger partial charge on any atom is 0.387 e. The van der Waals surface area contributed by atoms with Crippen molar-refractivity contribution in [3.63, 3.8) is 0 Å². The van der Waals surface area contributed by atoms with Crippen molar-refractivity contribution in [3.05, 3.63) is 29.8 Å². The Morgan fingerprint density at radius 1 is 1.45 bits per heavy atom. The highest BCUT2D eigenvalue weighted by Gasteiger charge is 2.24. The average molecular weight is 284 g/mol. The van der Waals surface area contributed by atoms with E-state index in [2.05, 4.69) is 15.4 Å². The molecule has 1 aliphatic heterocycles. The summed E-state index contributed by atoms with van der Waals surface area (Å²) in [6.07, 6.45) is 0.799. The first-order valence-electron chi connectivity index (χ1n) is 6.62. The molecule has 1 amide bonds. The number of rotatable bonds is 5. The molecule has 1 aromatic carbocycles. The topological polar surface area (TPSA) is 50.4 Å². The lowest BCUT2D eigenvalue weighted by molar-refractivity contribution is -0.125. The number of hydrogen-bond donors (Lipinski definition) is 2. The zero-order valence-corrected chi connectivity index (χ0v) is 11.2. The van der Waals surface area contributed by atoms with Crippen LogP contribution in [0.25, 0.3) is 0 Å². The molecule has 1 aliphatic rings. The second-order valence-electron chi connectivity index (χ2n) is 4.84. The van der Waals surface area contributed by atoms with Gasteiger partial charge >= 0.3 is 6.61 Å². The predicted molar refractivity (Wildman–Crippen MR) is 70.6 cm³/mol. The first-order valence-corrected chi connectivity index (χ1v) is 6.62. The summed E-state index contributed by atoms with van der Waals surface area (Å²) >= 11 is 0. The van der Waals surface area contributed by atoms with Crippen molar-refractivity contribution in [2.45, 2.75) is 26.0 Å². The number of benzene rings is 1. The number of amides is 1. The monoisotopic (exact) mass is 284 g/mol. The molecule has 110 valence electrons. The van der Waals surface area contributed by atoms with E-state index in [1.807, 2.05) is 0 Å². The third-order valence-corrected chi connectivity index (χ3v) is 3.39. The lowest BCUT2D eigenvalue weighted by Crippen LogP contribution is -2.34. The van der Waals surface area contributed by atoms with Crippen LogP contribution < -0.4 is 15.4 Å². The molecule has 1 fully saturated rings. The van der Waals surface area contributed by atoms with Crippen LogP contribution in [0.4, 0.5) is 8.78 Å². The van der Waals surface area contributed by atoms with Gasteiger partial charge in [-0.05, 0) is 26.0 Å². The number of carbonyl (C=O) groups is 1. The molecule has 2 unspecified atom stereocenters. The second-order valence-corrected chi connectivity index (χ2v) is 4.84. The van der Waals surface area contributed by atoms with Gasteiger partial charge in [0.15, 0.2) is 0 Å². The van der Waals surface area contributed by atoms with Gasteiger partial charge in [0.05, 0.1) is 12.0 Å². The van der Waals surface area contributed by atoms with E-state index in [0.717, 1.165) is 13.0 Å². The van der Waals surface area contributed by atoms with Crippen LogP contribution in [-0.4, -0.2) is 25.6 Å². The Bertz CT molecular complexity index is 462. The summed E-state index contributed by atoms with van der Waals surface area (Å²) in [4.78, 5) is 12.0. The van der Waals surface area contributed by atoms with Crippen LogP contribution in [0.2, 0.25) is 0 Å². The molecule has 0 aromatic heterocycles. The summed E-state index contributed by atoms with van der Waals surface area (Å²) in [5, 5.41) is 5.97. The number of ether oxygens (including phenoxy) is 1. The van der Waals surface area contributed by atoms with Crippen LogP contribution in [0.15, 0.2) is 24.3 Å². The number of alkyl halides is 2. The molecule has 2 rings (SSSR count). The van der Waals surface area contributed by atoms with Gasteiger partial charge in [0.1, 0.15) is 5.75 Å². The Morgan fingerprint density at radius 3 is 2.85 bits per heavy atom. The Morgan fingerprint density at radius 2 is 2.20 bits per heavy atom. The zero-order chi connectivity index (χ0) is 14.5. The molecule has 1 aromatic rings. The number of carbonyl (C=O) groups excluding carboxylic acids is 1. The molecular weight excluding hydrogens is 266 g/mol. The van der Waals surface area contributed by atoms with Crippen molar-refractivity contribution in [2.75, 3.05) is 13.1 Å². The number of halogens is 2. The van der Waals surface area contributed by atoms with Crippen molar-refractivity contribution >= 4 is 5.91 Å². The summed E-state index contributed by atoms with van der Waals surface area (Å²) in [7, 11) is 0. The van der Waals surface area contributed by atoms with Crippen LogP contribution in [0.1, 0.15) is 24.9 Å². The van der Waals surface area contributed by atoms with Crippen molar-refractivity contribution in [1.82, 2.24) is 10.6 Å². The van der Waals surface area contributed by atoms with E-state index in [9.17, 15) is 13.6 Å². The van der Waals surface area contributed by atoms with Gasteiger partial charge in [-0.25, -0.2) is 0 Å². The largest absolute Gasteiger partial charge is 0.434 e. The SMILES string of the molecule is CC(NC(=O)C1CCNC1)c1ccccc1OC(F)F. The Kier molecular flexibility index (Phi) is 4.89. The van der Waals surface area contributed by atoms with Gasteiger partial charge in [-0.1, -0.05) is 18.2 Å². The molecule has 1 saturated heterocycles. The van der Waals surface area contributed by atoms with Crippen molar-refractivity contribution in [3.8, 4) is 5.75 Å². The van der Waals surface area contributed by atoms with Gasteiger partial charge < -0.3 is 15.4 Å². The summed E-state index contributed by atoms with van der Waals surface area (Å²) < 4.78 is 29.2. The standard InChI is InChI=1S/C14H18F2N2O2/c1-9(18-13(19)10-6-7-17-8-10)11-4-2-3-5-12(11)20-14(15)16/h2-5,9-10,14,17H,6-8H2,1H3,(H,18,19). The molecule has 0 bridgehead atoms. The number of hydrogen-bond acceptors (Lipinski definition) is 3. The molecule has 0 saturated carbocycles. The highest BCUT2D eigenvalue weighted by Crippen LogP contribution is 2.26. The van der Waals surface area contributed by atoms with Crippen LogP contribution in [0.3, 0.4) is 0 Å². The third kappa shape index (κ3) is 3.66. The molecule has 20 heavy (non-hydrogen) atoms. The Hall–Kier alpha value is -1.69. The van der Waals surface area contributed by atoms with Crippen molar-refractivity contribution in [2.24, 2.45) is 5.92 Å². The fourth-order valence-corrected chi connectivity index (χ4v) is 2.33. The average Bonchev–Trinajstić information content (AvgIpc) is 2.92. The fourth-order valence-electron chi connectivity index (χ4n) is 2.33. The molecule has 0 aliphatic carbocycles. The molecule has 1 heterocycles. The first kappa shape index (κ1) is 14.7. The highest BCUT2D eigenvalue weighted by molar-refractivity contribution is 5.79. The molecule has 2 N–H and O–H groups in total. The maximum atomic E-state index is 12.4. The minimum Gasteiger partial charge on any atom is -0.434 e.